The number of aromatic nitrogens is 2. The van der Waals surface area contributed by atoms with Gasteiger partial charge in [-0.15, -0.1) is 0 Å². The highest BCUT2D eigenvalue weighted by molar-refractivity contribution is 7.91. The molecule has 0 atom stereocenters. The first-order chi connectivity index (χ1) is 15.0. The molecule has 0 radical (unpaired) electrons. The maximum absolute atomic E-state index is 13.4. The summed E-state index contributed by atoms with van der Waals surface area (Å²) >= 11 is 0. The second-order valence-electron chi connectivity index (χ2n) is 8.11. The highest BCUT2D eigenvalue weighted by Gasteiger charge is 2.34. The summed E-state index contributed by atoms with van der Waals surface area (Å²) in [6.07, 6.45) is 0. The molecule has 0 saturated heterocycles. The van der Waals surface area contributed by atoms with E-state index in [0.717, 1.165) is 0 Å². The van der Waals surface area contributed by atoms with Gasteiger partial charge >= 0.3 is 5.97 Å². The molecule has 0 unspecified atom stereocenters. The molecule has 0 amide bonds. The molecule has 0 aliphatic carbocycles. The summed E-state index contributed by atoms with van der Waals surface area (Å²) in [7, 11) is -1.07. The third-order valence-electron chi connectivity index (χ3n) is 4.70. The van der Waals surface area contributed by atoms with Crippen molar-refractivity contribution in [2.24, 2.45) is 0 Å². The van der Waals surface area contributed by atoms with E-state index in [2.05, 4.69) is 5.10 Å². The van der Waals surface area contributed by atoms with Crippen LogP contribution in [0.15, 0.2) is 58.3 Å². The summed E-state index contributed by atoms with van der Waals surface area (Å²) in [5.41, 5.74) is -0.282. The fraction of sp³-hybridized carbons (Fsp3) is 0.304. The van der Waals surface area contributed by atoms with Gasteiger partial charge in [-0.05, 0) is 52.0 Å². The number of carbonyl (C=O) groups is 1. The van der Waals surface area contributed by atoms with Crippen LogP contribution in [0.3, 0.4) is 0 Å². The Morgan fingerprint density at radius 3 is 2.03 bits per heavy atom. The molecule has 0 spiro atoms. The van der Waals surface area contributed by atoms with Crippen LogP contribution in [0.1, 0.15) is 36.8 Å². The normalized spacial score (nSPS) is 11.8. The van der Waals surface area contributed by atoms with Crippen LogP contribution in [0.25, 0.3) is 0 Å². The number of benzene rings is 2. The number of esters is 1. The largest absolute Gasteiger partial charge is 0.497 e. The summed E-state index contributed by atoms with van der Waals surface area (Å²) in [6.45, 7) is 7.09. The van der Waals surface area contributed by atoms with E-state index in [0.29, 0.717) is 11.5 Å². The monoisotopic (exact) mass is 458 g/mol. The molecule has 0 saturated carbocycles. The van der Waals surface area contributed by atoms with E-state index >= 15 is 0 Å². The molecule has 0 aliphatic rings. The molecule has 0 bridgehead atoms. The smallest absolute Gasteiger partial charge is 0.345 e. The maximum Gasteiger partial charge on any atom is 0.345 e. The van der Waals surface area contributed by atoms with Crippen LogP contribution in [0.4, 0.5) is 0 Å². The first-order valence-electron chi connectivity index (χ1n) is 9.84. The summed E-state index contributed by atoms with van der Waals surface area (Å²) in [5, 5.41) is 4.40. The average molecular weight is 459 g/mol. The number of aryl methyl sites for hydroxylation is 1. The molecule has 0 N–H and O–H groups in total. The first kappa shape index (κ1) is 23.3. The van der Waals surface area contributed by atoms with Crippen LogP contribution >= 0.6 is 0 Å². The lowest BCUT2D eigenvalue weighted by Gasteiger charge is -2.22. The Balaban J connectivity index is 2.17. The predicted octanol–water partition coefficient (Wildman–Crippen LogP) is 4.02. The molecule has 8 nitrogen and oxygen atoms in total. The van der Waals surface area contributed by atoms with Gasteiger partial charge in [0.1, 0.15) is 11.5 Å². The molecular formula is C23H26N2O6S. The van der Waals surface area contributed by atoms with E-state index in [1.807, 2.05) is 20.8 Å². The highest BCUT2D eigenvalue weighted by Crippen LogP contribution is 2.36. The van der Waals surface area contributed by atoms with E-state index in [4.69, 9.17) is 14.2 Å². The van der Waals surface area contributed by atoms with Crippen molar-refractivity contribution in [2.75, 3.05) is 14.2 Å². The highest BCUT2D eigenvalue weighted by atomic mass is 32.2. The van der Waals surface area contributed by atoms with E-state index < -0.39 is 21.3 Å². The van der Waals surface area contributed by atoms with E-state index in [9.17, 15) is 13.2 Å². The second kappa shape index (κ2) is 8.66. The number of hydrogen-bond acceptors (Lipinski definition) is 7. The van der Waals surface area contributed by atoms with Crippen molar-refractivity contribution in [3.05, 3.63) is 59.8 Å². The number of nitrogens with zero attached hydrogens (tertiary/aromatic N) is 2. The summed E-state index contributed by atoms with van der Waals surface area (Å²) in [6, 6.07) is 12.5. The molecule has 1 aromatic heterocycles. The van der Waals surface area contributed by atoms with Crippen LogP contribution in [0.5, 0.6) is 17.4 Å². The standard InChI is InChI=1S/C23H26N2O6S/c1-15-20(32(27,28)19-10-8-7-9-11-19)21(25(24-15)23(2,3)4)31-22(26)16-12-17(29-5)14-18(13-16)30-6/h7-14H,1-6H3. The molecule has 9 heteroatoms. The number of rotatable bonds is 6. The average Bonchev–Trinajstić information content (AvgIpc) is 3.10. The van der Waals surface area contributed by atoms with E-state index in [1.165, 1.54) is 43.2 Å². The van der Waals surface area contributed by atoms with Gasteiger partial charge in [-0.2, -0.15) is 5.10 Å². The minimum Gasteiger partial charge on any atom is -0.497 e. The number of sulfone groups is 1. The Labute approximate surface area is 187 Å². The third-order valence-corrected chi connectivity index (χ3v) is 6.60. The number of methoxy groups -OCH3 is 2. The second-order valence-corrected chi connectivity index (χ2v) is 10.00. The van der Waals surface area contributed by atoms with Crippen molar-refractivity contribution in [2.45, 2.75) is 43.0 Å². The van der Waals surface area contributed by atoms with Gasteiger partial charge in [-0.1, -0.05) is 18.2 Å². The Morgan fingerprint density at radius 2 is 1.53 bits per heavy atom. The molecule has 170 valence electrons. The molecule has 0 fully saturated rings. The van der Waals surface area contributed by atoms with E-state index in [-0.39, 0.29) is 26.9 Å². The molecule has 3 rings (SSSR count). The Bertz CT molecular complexity index is 1220. The summed E-state index contributed by atoms with van der Waals surface area (Å²) in [5.74, 6) is -0.120. The Kier molecular flexibility index (Phi) is 6.32. The van der Waals surface area contributed by atoms with Crippen LogP contribution < -0.4 is 14.2 Å². The van der Waals surface area contributed by atoms with Gasteiger partial charge in [-0.25, -0.2) is 17.9 Å². The first-order valence-corrected chi connectivity index (χ1v) is 11.3. The van der Waals surface area contributed by atoms with Crippen molar-refractivity contribution < 1.29 is 27.4 Å². The van der Waals surface area contributed by atoms with Gasteiger partial charge in [0.25, 0.3) is 0 Å². The van der Waals surface area contributed by atoms with Crippen molar-refractivity contribution >= 4 is 15.8 Å². The lowest BCUT2D eigenvalue weighted by atomic mass is 10.1. The molecule has 0 aliphatic heterocycles. The Morgan fingerprint density at radius 1 is 0.969 bits per heavy atom. The summed E-state index contributed by atoms with van der Waals surface area (Å²) in [4.78, 5) is 13.0. The maximum atomic E-state index is 13.4. The van der Waals surface area contributed by atoms with Crippen molar-refractivity contribution in [3.8, 4) is 17.4 Å². The lowest BCUT2D eigenvalue weighted by molar-refractivity contribution is 0.0703. The molecule has 32 heavy (non-hydrogen) atoms. The fourth-order valence-corrected chi connectivity index (χ4v) is 4.67. The van der Waals surface area contributed by atoms with Gasteiger partial charge < -0.3 is 14.2 Å². The predicted molar refractivity (Wildman–Crippen MR) is 118 cm³/mol. The Hall–Kier alpha value is -3.33. The van der Waals surface area contributed by atoms with Crippen LogP contribution in [-0.2, 0) is 15.4 Å². The quantitative estimate of drug-likeness (QED) is 0.515. The van der Waals surface area contributed by atoms with Crippen LogP contribution in [-0.4, -0.2) is 38.4 Å². The molecule has 3 aromatic rings. The van der Waals surface area contributed by atoms with Gasteiger partial charge in [0.15, 0.2) is 4.90 Å². The molecule has 2 aromatic carbocycles. The zero-order chi connectivity index (χ0) is 23.7. The lowest BCUT2D eigenvalue weighted by Crippen LogP contribution is -2.26. The van der Waals surface area contributed by atoms with Gasteiger partial charge in [0.2, 0.25) is 15.7 Å². The van der Waals surface area contributed by atoms with Gasteiger partial charge in [0, 0.05) is 6.07 Å². The van der Waals surface area contributed by atoms with Crippen LogP contribution in [0.2, 0.25) is 0 Å². The zero-order valence-electron chi connectivity index (χ0n) is 18.9. The third kappa shape index (κ3) is 4.47. The molecular weight excluding hydrogens is 432 g/mol. The number of carbonyl (C=O) groups excluding carboxylic acids is 1. The van der Waals surface area contributed by atoms with Gasteiger partial charge in [0.05, 0.1) is 35.9 Å². The minimum atomic E-state index is -4.00. The fourth-order valence-electron chi connectivity index (χ4n) is 3.13. The minimum absolute atomic E-state index is 0.0805. The van der Waals surface area contributed by atoms with Crippen molar-refractivity contribution in [3.63, 3.8) is 0 Å². The van der Waals surface area contributed by atoms with Crippen molar-refractivity contribution in [1.29, 1.82) is 0 Å². The zero-order valence-corrected chi connectivity index (χ0v) is 19.7. The number of ether oxygens (including phenoxy) is 3. The number of hydrogen-bond donors (Lipinski definition) is 0. The van der Waals surface area contributed by atoms with E-state index in [1.54, 1.807) is 31.2 Å². The SMILES string of the molecule is COc1cc(OC)cc(C(=O)Oc2c(S(=O)(=O)c3ccccc3)c(C)nn2C(C)(C)C)c1. The molecule has 1 heterocycles. The van der Waals surface area contributed by atoms with Crippen LogP contribution in [0, 0.1) is 6.92 Å². The topological polar surface area (TPSA) is 96.7 Å². The van der Waals surface area contributed by atoms with Crippen molar-refractivity contribution in [1.82, 2.24) is 9.78 Å². The summed E-state index contributed by atoms with van der Waals surface area (Å²) < 4.78 is 44.4. The van der Waals surface area contributed by atoms with Gasteiger partial charge in [-0.3, -0.25) is 0 Å².